The molecule has 1 aromatic rings. The van der Waals surface area contributed by atoms with E-state index in [0.29, 0.717) is 0 Å². The van der Waals surface area contributed by atoms with E-state index in [1.165, 1.54) is 27.6 Å². The highest BCUT2D eigenvalue weighted by atomic mass is 127. The molecule has 3 fully saturated rings. The summed E-state index contributed by atoms with van der Waals surface area (Å²) in [6.45, 7) is 1.67. The molecular formula is C14H17IO2S. The minimum absolute atomic E-state index is 0.0134. The van der Waals surface area contributed by atoms with E-state index in [4.69, 9.17) is 8.92 Å². The van der Waals surface area contributed by atoms with Crippen LogP contribution < -0.4 is 0 Å². The molecule has 2 saturated heterocycles. The molecule has 98 valence electrons. The van der Waals surface area contributed by atoms with Gasteiger partial charge in [0, 0.05) is 26.6 Å². The SMILES string of the molecule is ISOCC12CCC(c3ccccc3)(CC1)OC2. The molecule has 2 bridgehead atoms. The first-order valence-electron chi connectivity index (χ1n) is 6.38. The summed E-state index contributed by atoms with van der Waals surface area (Å²) < 4.78 is 11.8. The van der Waals surface area contributed by atoms with Crippen molar-refractivity contribution in [3.63, 3.8) is 0 Å². The number of ether oxygens (including phenoxy) is 1. The molecule has 0 unspecified atom stereocenters. The van der Waals surface area contributed by atoms with E-state index in [1.54, 1.807) is 0 Å². The van der Waals surface area contributed by atoms with Crippen molar-refractivity contribution in [1.29, 1.82) is 0 Å². The third-order valence-corrected chi connectivity index (χ3v) is 5.45. The predicted molar refractivity (Wildman–Crippen MR) is 82.5 cm³/mol. The van der Waals surface area contributed by atoms with Gasteiger partial charge in [-0.2, -0.15) is 0 Å². The second-order valence-corrected chi connectivity index (χ2v) is 6.91. The van der Waals surface area contributed by atoms with Crippen molar-refractivity contribution >= 4 is 30.4 Å². The van der Waals surface area contributed by atoms with Crippen molar-refractivity contribution in [2.45, 2.75) is 31.3 Å². The molecule has 0 N–H and O–H groups in total. The molecule has 0 aromatic heterocycles. The zero-order valence-electron chi connectivity index (χ0n) is 10.2. The first-order valence-corrected chi connectivity index (χ1v) is 9.67. The molecule has 4 heteroatoms. The van der Waals surface area contributed by atoms with Gasteiger partial charge in [0.1, 0.15) is 0 Å². The van der Waals surface area contributed by atoms with Crippen LogP contribution in [0.4, 0.5) is 0 Å². The van der Waals surface area contributed by atoms with Crippen LogP contribution in [0.1, 0.15) is 31.2 Å². The molecule has 18 heavy (non-hydrogen) atoms. The lowest BCUT2D eigenvalue weighted by Gasteiger charge is -2.53. The first kappa shape index (κ1) is 13.2. The zero-order chi connectivity index (χ0) is 12.5. The van der Waals surface area contributed by atoms with Gasteiger partial charge in [0.15, 0.2) is 0 Å². The normalized spacial score (nSPS) is 34.7. The Bertz CT molecular complexity index is 385. The van der Waals surface area contributed by atoms with Gasteiger partial charge < -0.3 is 8.92 Å². The maximum Gasteiger partial charge on any atom is 0.0932 e. The number of rotatable bonds is 4. The summed E-state index contributed by atoms with van der Waals surface area (Å²) in [5.41, 5.74) is 1.61. The molecule has 1 aliphatic carbocycles. The van der Waals surface area contributed by atoms with Crippen molar-refractivity contribution in [3.05, 3.63) is 35.9 Å². The summed E-state index contributed by atoms with van der Waals surface area (Å²) in [6.07, 6.45) is 4.71. The van der Waals surface area contributed by atoms with Crippen LogP contribution >= 0.6 is 30.4 Å². The summed E-state index contributed by atoms with van der Waals surface area (Å²) in [7, 11) is 1.44. The van der Waals surface area contributed by atoms with Crippen LogP contribution in [0, 0.1) is 5.41 Å². The Morgan fingerprint density at radius 2 is 1.89 bits per heavy atom. The number of fused-ring (bicyclic) bond motifs is 3. The molecule has 2 heterocycles. The number of halogens is 1. The van der Waals surface area contributed by atoms with E-state index >= 15 is 0 Å². The van der Waals surface area contributed by atoms with E-state index in [2.05, 4.69) is 51.5 Å². The van der Waals surface area contributed by atoms with Crippen molar-refractivity contribution in [3.8, 4) is 0 Å². The molecule has 0 spiro atoms. The smallest absolute Gasteiger partial charge is 0.0932 e. The van der Waals surface area contributed by atoms with Crippen LogP contribution in [-0.4, -0.2) is 13.2 Å². The van der Waals surface area contributed by atoms with E-state index in [1.807, 2.05) is 0 Å². The standard InChI is InChI=1S/C14H17IO2S/c15-18-17-11-13-6-8-14(9-7-13,16-10-13)12-4-2-1-3-5-12/h1-5H,6-11H2. The lowest BCUT2D eigenvalue weighted by Crippen LogP contribution is -2.50. The van der Waals surface area contributed by atoms with Gasteiger partial charge in [0.2, 0.25) is 0 Å². The maximum atomic E-state index is 6.26. The highest BCUT2D eigenvalue weighted by molar-refractivity contribution is 14.2. The lowest BCUT2D eigenvalue weighted by atomic mass is 9.64. The lowest BCUT2D eigenvalue weighted by molar-refractivity contribution is -0.196. The highest BCUT2D eigenvalue weighted by Gasteiger charge is 2.50. The Labute approximate surface area is 125 Å². The van der Waals surface area contributed by atoms with Crippen LogP contribution in [0.15, 0.2) is 30.3 Å². The summed E-state index contributed by atoms with van der Waals surface area (Å²) >= 11 is 2.19. The molecule has 3 aliphatic rings. The second-order valence-electron chi connectivity index (χ2n) is 5.47. The van der Waals surface area contributed by atoms with E-state index in [0.717, 1.165) is 26.1 Å². The van der Waals surface area contributed by atoms with E-state index in [9.17, 15) is 0 Å². The average molecular weight is 376 g/mol. The summed E-state index contributed by atoms with van der Waals surface area (Å²) in [5.74, 6) is 0. The third kappa shape index (κ3) is 2.32. The molecular weight excluding hydrogens is 359 g/mol. The van der Waals surface area contributed by atoms with Crippen molar-refractivity contribution < 1.29 is 8.92 Å². The molecule has 1 saturated carbocycles. The fraction of sp³-hybridized carbons (Fsp3) is 0.571. The number of hydrogen-bond acceptors (Lipinski definition) is 3. The molecule has 0 radical (unpaired) electrons. The molecule has 0 atom stereocenters. The van der Waals surface area contributed by atoms with Gasteiger partial charge in [-0.15, -0.1) is 0 Å². The Morgan fingerprint density at radius 1 is 1.17 bits per heavy atom. The topological polar surface area (TPSA) is 18.5 Å². The first-order chi connectivity index (χ1) is 8.79. The molecule has 2 aliphatic heterocycles. The Morgan fingerprint density at radius 3 is 2.44 bits per heavy atom. The van der Waals surface area contributed by atoms with Crippen molar-refractivity contribution in [2.75, 3.05) is 13.2 Å². The summed E-state index contributed by atoms with van der Waals surface area (Å²) in [5, 5.41) is 0. The Balaban J connectivity index is 1.75. The van der Waals surface area contributed by atoms with Gasteiger partial charge in [-0.3, -0.25) is 0 Å². The van der Waals surface area contributed by atoms with Gasteiger partial charge in [0.25, 0.3) is 0 Å². The monoisotopic (exact) mass is 376 g/mol. The molecule has 2 nitrogen and oxygen atoms in total. The zero-order valence-corrected chi connectivity index (χ0v) is 13.2. The summed E-state index contributed by atoms with van der Waals surface area (Å²) in [4.78, 5) is 0. The van der Waals surface area contributed by atoms with Gasteiger partial charge in [-0.25, -0.2) is 0 Å². The quantitative estimate of drug-likeness (QED) is 0.570. The highest BCUT2D eigenvalue weighted by Crippen LogP contribution is 2.53. The summed E-state index contributed by atoms with van der Waals surface area (Å²) in [6, 6.07) is 10.7. The second kappa shape index (κ2) is 5.31. The van der Waals surface area contributed by atoms with E-state index < -0.39 is 0 Å². The largest absolute Gasteiger partial charge is 0.370 e. The average Bonchev–Trinajstić information content (AvgIpc) is 2.48. The van der Waals surface area contributed by atoms with Crippen LogP contribution in [-0.2, 0) is 14.5 Å². The predicted octanol–water partition coefficient (Wildman–Crippen LogP) is 4.49. The minimum atomic E-state index is -0.0134. The molecule has 4 rings (SSSR count). The molecule has 1 aromatic carbocycles. The minimum Gasteiger partial charge on any atom is -0.370 e. The van der Waals surface area contributed by atoms with Crippen LogP contribution in [0.5, 0.6) is 0 Å². The Kier molecular flexibility index (Phi) is 3.90. The maximum absolute atomic E-state index is 6.26. The van der Waals surface area contributed by atoms with Crippen LogP contribution in [0.2, 0.25) is 0 Å². The van der Waals surface area contributed by atoms with Gasteiger partial charge in [0.05, 0.1) is 28.0 Å². The van der Waals surface area contributed by atoms with Gasteiger partial charge in [-0.05, 0) is 31.2 Å². The van der Waals surface area contributed by atoms with Crippen LogP contribution in [0.25, 0.3) is 0 Å². The van der Waals surface area contributed by atoms with Crippen molar-refractivity contribution in [2.24, 2.45) is 5.41 Å². The fourth-order valence-electron chi connectivity index (χ4n) is 3.21. The van der Waals surface area contributed by atoms with Crippen molar-refractivity contribution in [1.82, 2.24) is 0 Å². The number of benzene rings is 1. The fourth-order valence-corrected chi connectivity index (χ4v) is 3.89. The molecule has 0 amide bonds. The third-order valence-electron chi connectivity index (χ3n) is 4.48. The van der Waals surface area contributed by atoms with Crippen LogP contribution in [0.3, 0.4) is 0 Å². The number of hydrogen-bond donors (Lipinski definition) is 0. The van der Waals surface area contributed by atoms with Gasteiger partial charge in [-0.1, -0.05) is 30.3 Å². The van der Waals surface area contributed by atoms with Gasteiger partial charge >= 0.3 is 0 Å². The van der Waals surface area contributed by atoms with E-state index in [-0.39, 0.29) is 11.0 Å². The Hall–Kier alpha value is 0.220.